The van der Waals surface area contributed by atoms with Crippen LogP contribution in [0.15, 0.2) is 30.3 Å². The smallest absolute Gasteiger partial charge is 0.00270 e. The maximum absolute atomic E-state index is 3.43. The van der Waals surface area contributed by atoms with Gasteiger partial charge >= 0.3 is 0 Å². The molecule has 1 radical (unpaired) electrons. The Morgan fingerprint density at radius 2 is 1.86 bits per heavy atom. The first-order valence-electron chi connectivity index (χ1n) is 4.90. The number of rotatable bonds is 0. The van der Waals surface area contributed by atoms with Crippen molar-refractivity contribution in [2.24, 2.45) is 0 Å². The Morgan fingerprint density at radius 1 is 1.00 bits per heavy atom. The molecule has 0 fully saturated rings. The van der Waals surface area contributed by atoms with Crippen molar-refractivity contribution in [3.63, 3.8) is 0 Å². The van der Waals surface area contributed by atoms with E-state index < -0.39 is 0 Å². The first-order valence-corrected chi connectivity index (χ1v) is 4.90. The van der Waals surface area contributed by atoms with Gasteiger partial charge in [0, 0.05) is 0 Å². The van der Waals surface area contributed by atoms with Gasteiger partial charge < -0.3 is 0 Å². The Labute approximate surface area is 83.9 Å². The Balaban J connectivity index is 2.60. The Morgan fingerprint density at radius 3 is 2.71 bits per heavy atom. The van der Waals surface area contributed by atoms with Crippen LogP contribution in [0, 0.1) is 13.0 Å². The summed E-state index contributed by atoms with van der Waals surface area (Å²) >= 11 is 0. The molecule has 0 bridgehead atoms. The molecule has 1 aliphatic carbocycles. The minimum atomic E-state index is 1.25. The predicted molar refractivity (Wildman–Crippen MR) is 60.1 cm³/mol. The SMILES string of the molecule is CC1=[C]c2cccc3ccc(C)c1c23. The largest absolute Gasteiger partial charge is 0.0610 e. The highest BCUT2D eigenvalue weighted by molar-refractivity contribution is 6.01. The topological polar surface area (TPSA) is 0 Å². The zero-order chi connectivity index (χ0) is 9.71. The Kier molecular flexibility index (Phi) is 1.38. The lowest BCUT2D eigenvalue weighted by Gasteiger charge is -2.06. The molecule has 0 aromatic heterocycles. The first-order chi connectivity index (χ1) is 6.77. The number of benzene rings is 2. The molecule has 0 spiro atoms. The van der Waals surface area contributed by atoms with E-state index in [4.69, 9.17) is 0 Å². The molecule has 0 unspecified atom stereocenters. The quantitative estimate of drug-likeness (QED) is 0.578. The van der Waals surface area contributed by atoms with Crippen molar-refractivity contribution in [2.45, 2.75) is 13.8 Å². The summed E-state index contributed by atoms with van der Waals surface area (Å²) in [5.74, 6) is 0. The molecule has 0 heteroatoms. The fraction of sp³-hybridized carbons (Fsp3) is 0.143. The lowest BCUT2D eigenvalue weighted by molar-refractivity contribution is 1.46. The fourth-order valence-electron chi connectivity index (χ4n) is 2.34. The minimum Gasteiger partial charge on any atom is -0.0610 e. The van der Waals surface area contributed by atoms with Gasteiger partial charge in [-0.1, -0.05) is 30.3 Å². The zero-order valence-electron chi connectivity index (χ0n) is 8.39. The van der Waals surface area contributed by atoms with Crippen LogP contribution >= 0.6 is 0 Å². The third-order valence-electron chi connectivity index (χ3n) is 2.95. The molecule has 67 valence electrons. The van der Waals surface area contributed by atoms with Crippen molar-refractivity contribution < 1.29 is 0 Å². The summed E-state index contributed by atoms with van der Waals surface area (Å²) in [4.78, 5) is 0. The monoisotopic (exact) mass is 179 g/mol. The summed E-state index contributed by atoms with van der Waals surface area (Å²) < 4.78 is 0. The van der Waals surface area contributed by atoms with E-state index in [2.05, 4.69) is 50.3 Å². The van der Waals surface area contributed by atoms with Crippen LogP contribution in [-0.2, 0) is 0 Å². The summed E-state index contributed by atoms with van der Waals surface area (Å²) in [6.07, 6.45) is 3.43. The Bertz CT molecular complexity index is 560. The molecule has 2 aromatic rings. The van der Waals surface area contributed by atoms with Crippen LogP contribution in [0.2, 0.25) is 0 Å². The normalized spacial score (nSPS) is 13.4. The summed E-state index contributed by atoms with van der Waals surface area (Å²) in [5, 5.41) is 2.71. The summed E-state index contributed by atoms with van der Waals surface area (Å²) in [6, 6.07) is 10.8. The van der Waals surface area contributed by atoms with E-state index in [1.807, 2.05) is 0 Å². The van der Waals surface area contributed by atoms with E-state index >= 15 is 0 Å². The number of allylic oxidation sites excluding steroid dienone is 1. The van der Waals surface area contributed by atoms with Crippen molar-refractivity contribution in [3.8, 4) is 0 Å². The van der Waals surface area contributed by atoms with E-state index in [9.17, 15) is 0 Å². The van der Waals surface area contributed by atoms with Crippen LogP contribution in [0.25, 0.3) is 16.3 Å². The molecule has 0 amide bonds. The van der Waals surface area contributed by atoms with Crippen LogP contribution < -0.4 is 0 Å². The second-order valence-corrected chi connectivity index (χ2v) is 3.91. The van der Waals surface area contributed by atoms with Crippen LogP contribution in [-0.4, -0.2) is 0 Å². The molecule has 0 saturated carbocycles. The van der Waals surface area contributed by atoms with Crippen molar-refractivity contribution in [3.05, 3.63) is 53.1 Å². The van der Waals surface area contributed by atoms with Gasteiger partial charge in [0.1, 0.15) is 0 Å². The highest BCUT2D eigenvalue weighted by Gasteiger charge is 2.15. The van der Waals surface area contributed by atoms with Gasteiger partial charge in [-0.15, -0.1) is 0 Å². The molecule has 2 aromatic carbocycles. The lowest BCUT2D eigenvalue weighted by Crippen LogP contribution is -1.84. The van der Waals surface area contributed by atoms with Gasteiger partial charge in [-0.2, -0.15) is 0 Å². The van der Waals surface area contributed by atoms with Crippen molar-refractivity contribution in [2.75, 3.05) is 0 Å². The fourth-order valence-corrected chi connectivity index (χ4v) is 2.34. The minimum absolute atomic E-state index is 1.25. The Hall–Kier alpha value is -1.56. The molecule has 0 heterocycles. The first kappa shape index (κ1) is 7.81. The molecule has 0 N–H and O–H groups in total. The van der Waals surface area contributed by atoms with Gasteiger partial charge in [-0.25, -0.2) is 0 Å². The predicted octanol–water partition coefficient (Wildman–Crippen LogP) is 3.72. The maximum Gasteiger partial charge on any atom is -0.00270 e. The number of aryl methyl sites for hydroxylation is 1. The molecule has 0 nitrogen and oxygen atoms in total. The van der Waals surface area contributed by atoms with Gasteiger partial charge in [0.05, 0.1) is 0 Å². The van der Waals surface area contributed by atoms with Gasteiger partial charge in [-0.3, -0.25) is 0 Å². The molecule has 1 aliphatic rings. The second kappa shape index (κ2) is 2.48. The summed E-state index contributed by atoms with van der Waals surface area (Å²) in [7, 11) is 0. The standard InChI is InChI=1S/C14H11/c1-9-6-7-11-4-3-5-12-8-10(2)13(9)14(11)12/h3-7H,1-2H3. The van der Waals surface area contributed by atoms with Crippen LogP contribution in [0.5, 0.6) is 0 Å². The van der Waals surface area contributed by atoms with E-state index in [1.165, 1.54) is 33.0 Å². The van der Waals surface area contributed by atoms with Gasteiger partial charge in [0.2, 0.25) is 0 Å². The number of hydrogen-bond acceptors (Lipinski definition) is 0. The van der Waals surface area contributed by atoms with Gasteiger partial charge in [0.25, 0.3) is 0 Å². The second-order valence-electron chi connectivity index (χ2n) is 3.91. The van der Waals surface area contributed by atoms with Gasteiger partial charge in [0.15, 0.2) is 0 Å². The van der Waals surface area contributed by atoms with E-state index in [-0.39, 0.29) is 0 Å². The average molecular weight is 179 g/mol. The summed E-state index contributed by atoms with van der Waals surface area (Å²) in [5.41, 5.74) is 5.26. The highest BCUT2D eigenvalue weighted by atomic mass is 14.2. The van der Waals surface area contributed by atoms with Crippen molar-refractivity contribution in [1.82, 2.24) is 0 Å². The zero-order valence-corrected chi connectivity index (χ0v) is 8.39. The third kappa shape index (κ3) is 0.832. The maximum atomic E-state index is 3.43. The van der Waals surface area contributed by atoms with Crippen molar-refractivity contribution in [1.29, 1.82) is 0 Å². The average Bonchev–Trinajstić information content (AvgIpc) is 2.51. The molecule has 14 heavy (non-hydrogen) atoms. The van der Waals surface area contributed by atoms with Crippen LogP contribution in [0.3, 0.4) is 0 Å². The van der Waals surface area contributed by atoms with Crippen LogP contribution in [0.1, 0.15) is 23.6 Å². The van der Waals surface area contributed by atoms with E-state index in [0.29, 0.717) is 0 Å². The number of hydrogen-bond donors (Lipinski definition) is 0. The lowest BCUT2D eigenvalue weighted by atomic mass is 9.98. The molecule has 0 aliphatic heterocycles. The van der Waals surface area contributed by atoms with Crippen molar-refractivity contribution >= 4 is 16.3 Å². The van der Waals surface area contributed by atoms with Gasteiger partial charge in [-0.05, 0) is 53.0 Å². The molecule has 3 rings (SSSR count). The van der Waals surface area contributed by atoms with Crippen LogP contribution in [0.4, 0.5) is 0 Å². The highest BCUT2D eigenvalue weighted by Crippen LogP contribution is 2.36. The molecule has 0 saturated heterocycles. The third-order valence-corrected chi connectivity index (χ3v) is 2.95. The molecule has 0 atom stereocenters. The van der Waals surface area contributed by atoms with E-state index in [0.717, 1.165) is 0 Å². The molecular formula is C14H11. The summed E-state index contributed by atoms with van der Waals surface area (Å²) in [6.45, 7) is 4.31. The van der Waals surface area contributed by atoms with E-state index in [1.54, 1.807) is 0 Å². The molecular weight excluding hydrogens is 168 g/mol.